The highest BCUT2D eigenvalue weighted by molar-refractivity contribution is 6.09. The molecule has 3 rings (SSSR count). The number of rotatable bonds is 4. The van der Waals surface area contributed by atoms with Crippen LogP contribution in [0.5, 0.6) is 0 Å². The van der Waals surface area contributed by atoms with E-state index in [0.717, 1.165) is 10.5 Å². The van der Waals surface area contributed by atoms with Crippen molar-refractivity contribution in [3.05, 3.63) is 35.4 Å². The van der Waals surface area contributed by atoms with Crippen molar-refractivity contribution in [1.82, 2.24) is 15.1 Å². The maximum Gasteiger partial charge on any atom is 0.325 e. The van der Waals surface area contributed by atoms with E-state index in [1.807, 2.05) is 19.1 Å². The number of nitrogens with one attached hydrogen (secondary N) is 1. The summed E-state index contributed by atoms with van der Waals surface area (Å²) in [7, 11) is 0. The molecule has 150 valence electrons. The number of nitrogens with zero attached hydrogens (tertiary/aromatic N) is 2. The first-order chi connectivity index (χ1) is 13.1. The monoisotopic (exact) mass is 387 g/mol. The number of urea groups is 1. The molecule has 3 atom stereocenters. The number of carboxylic acids is 1. The van der Waals surface area contributed by atoms with E-state index in [2.05, 4.69) is 5.32 Å². The average molecular weight is 387 g/mol. The van der Waals surface area contributed by atoms with Crippen molar-refractivity contribution in [3.8, 4) is 0 Å². The maximum atomic E-state index is 13.0. The molecule has 2 N–H and O–H groups in total. The van der Waals surface area contributed by atoms with Gasteiger partial charge in [-0.3, -0.25) is 19.3 Å². The van der Waals surface area contributed by atoms with Crippen LogP contribution in [-0.4, -0.2) is 57.9 Å². The molecule has 1 aromatic rings. The Morgan fingerprint density at radius 2 is 1.89 bits per heavy atom. The summed E-state index contributed by atoms with van der Waals surface area (Å²) < 4.78 is 0. The molecule has 0 aromatic heterocycles. The first-order valence-electron chi connectivity index (χ1n) is 9.38. The van der Waals surface area contributed by atoms with Gasteiger partial charge in [0, 0.05) is 12.6 Å². The summed E-state index contributed by atoms with van der Waals surface area (Å²) in [6.45, 7) is 5.26. The summed E-state index contributed by atoms with van der Waals surface area (Å²) in [6, 6.07) is 6.17. The zero-order chi connectivity index (χ0) is 20.6. The Balaban J connectivity index is 1.76. The van der Waals surface area contributed by atoms with E-state index in [9.17, 15) is 24.3 Å². The lowest BCUT2D eigenvalue weighted by Crippen LogP contribution is -2.52. The smallest absolute Gasteiger partial charge is 0.325 e. The minimum Gasteiger partial charge on any atom is -0.481 e. The molecule has 4 amide bonds. The molecule has 2 aliphatic rings. The summed E-state index contributed by atoms with van der Waals surface area (Å²) in [5, 5.41) is 12.0. The van der Waals surface area contributed by atoms with Gasteiger partial charge in [-0.15, -0.1) is 0 Å². The van der Waals surface area contributed by atoms with E-state index < -0.39 is 47.9 Å². The summed E-state index contributed by atoms with van der Waals surface area (Å²) in [5.41, 5.74) is 0.439. The van der Waals surface area contributed by atoms with Crippen LogP contribution >= 0.6 is 0 Å². The van der Waals surface area contributed by atoms with Crippen molar-refractivity contribution in [2.75, 3.05) is 13.1 Å². The van der Waals surface area contributed by atoms with Gasteiger partial charge in [-0.1, -0.05) is 29.8 Å². The highest BCUT2D eigenvalue weighted by Gasteiger charge is 2.50. The van der Waals surface area contributed by atoms with Crippen LogP contribution in [0.3, 0.4) is 0 Å². The SMILES string of the molecule is Cc1ccc(C2(C)NC(=O)N(CC(=O)N3CCC[C@@H](C(=O)O)[C@H]3C)C2=O)cc1. The molecule has 0 radical (unpaired) electrons. The topological polar surface area (TPSA) is 107 Å². The van der Waals surface area contributed by atoms with Crippen LogP contribution in [0.1, 0.15) is 37.8 Å². The van der Waals surface area contributed by atoms with Crippen LogP contribution in [0.15, 0.2) is 24.3 Å². The number of carbonyl (C=O) groups excluding carboxylic acids is 3. The second-order valence-corrected chi connectivity index (χ2v) is 7.73. The van der Waals surface area contributed by atoms with Crippen LogP contribution < -0.4 is 5.32 Å². The zero-order valence-electron chi connectivity index (χ0n) is 16.3. The van der Waals surface area contributed by atoms with Gasteiger partial charge in [0.1, 0.15) is 12.1 Å². The number of hydrogen-bond acceptors (Lipinski definition) is 4. The molecule has 8 nitrogen and oxygen atoms in total. The minimum absolute atomic E-state index is 0.400. The highest BCUT2D eigenvalue weighted by atomic mass is 16.4. The Kier molecular flexibility index (Phi) is 5.14. The fourth-order valence-electron chi connectivity index (χ4n) is 3.97. The van der Waals surface area contributed by atoms with Crippen LogP contribution in [0, 0.1) is 12.8 Å². The highest BCUT2D eigenvalue weighted by Crippen LogP contribution is 2.30. The average Bonchev–Trinajstić information content (AvgIpc) is 2.86. The summed E-state index contributed by atoms with van der Waals surface area (Å²) in [5.74, 6) is -2.49. The first-order valence-corrected chi connectivity index (χ1v) is 9.38. The number of aryl methyl sites for hydroxylation is 1. The molecule has 28 heavy (non-hydrogen) atoms. The van der Waals surface area contributed by atoms with Crippen LogP contribution in [0.25, 0.3) is 0 Å². The van der Waals surface area contributed by atoms with E-state index >= 15 is 0 Å². The van der Waals surface area contributed by atoms with Gasteiger partial charge in [0.25, 0.3) is 5.91 Å². The summed E-state index contributed by atoms with van der Waals surface area (Å²) >= 11 is 0. The molecule has 0 saturated carbocycles. The molecule has 8 heteroatoms. The lowest BCUT2D eigenvalue weighted by Gasteiger charge is -2.38. The molecule has 1 unspecified atom stereocenters. The molecular weight excluding hydrogens is 362 g/mol. The van der Waals surface area contributed by atoms with E-state index in [1.54, 1.807) is 26.0 Å². The fourth-order valence-corrected chi connectivity index (χ4v) is 3.97. The standard InChI is InChI=1S/C20H25N3O5/c1-12-6-8-14(9-7-12)20(3)18(27)23(19(28)21-20)11-16(24)22-10-4-5-15(13(22)2)17(25)26/h6-9,13,15H,4-5,10-11H2,1-3H3,(H,21,28)(H,25,26)/t13-,15-,20?/m1/s1. The maximum absolute atomic E-state index is 13.0. The van der Waals surface area contributed by atoms with E-state index in [-0.39, 0.29) is 0 Å². The Morgan fingerprint density at radius 3 is 2.50 bits per heavy atom. The van der Waals surface area contributed by atoms with Gasteiger partial charge in [0.05, 0.1) is 5.92 Å². The molecule has 2 heterocycles. The predicted molar refractivity (Wildman–Crippen MR) is 100 cm³/mol. The van der Waals surface area contributed by atoms with Gasteiger partial charge >= 0.3 is 12.0 Å². The number of benzene rings is 1. The van der Waals surface area contributed by atoms with Crippen molar-refractivity contribution in [2.24, 2.45) is 5.92 Å². The number of hydrogen-bond donors (Lipinski definition) is 2. The number of piperidine rings is 1. The van der Waals surface area contributed by atoms with Gasteiger partial charge in [-0.25, -0.2) is 4.79 Å². The van der Waals surface area contributed by atoms with Crippen molar-refractivity contribution in [1.29, 1.82) is 0 Å². The Hall–Kier alpha value is -2.90. The molecule has 1 aromatic carbocycles. The van der Waals surface area contributed by atoms with Crippen LogP contribution in [0.4, 0.5) is 4.79 Å². The fraction of sp³-hybridized carbons (Fsp3) is 0.500. The van der Waals surface area contributed by atoms with Crippen molar-refractivity contribution < 1.29 is 24.3 Å². The Labute approximate surface area is 163 Å². The van der Waals surface area contributed by atoms with Crippen molar-refractivity contribution in [2.45, 2.75) is 45.2 Å². The molecule has 0 spiro atoms. The zero-order valence-corrected chi connectivity index (χ0v) is 16.3. The third kappa shape index (κ3) is 3.34. The molecule has 2 aliphatic heterocycles. The molecule has 2 saturated heterocycles. The third-order valence-electron chi connectivity index (χ3n) is 5.82. The van der Waals surface area contributed by atoms with E-state index in [1.165, 1.54) is 4.90 Å². The number of carboxylic acid groups (broad SMARTS) is 1. The number of amides is 4. The number of aliphatic carboxylic acids is 1. The molecule has 2 fully saturated rings. The molecule has 0 aliphatic carbocycles. The quantitative estimate of drug-likeness (QED) is 0.761. The van der Waals surface area contributed by atoms with Gasteiger partial charge in [-0.2, -0.15) is 0 Å². The molecular formula is C20H25N3O5. The van der Waals surface area contributed by atoms with Crippen LogP contribution in [-0.2, 0) is 19.9 Å². The second kappa shape index (κ2) is 7.26. The van der Waals surface area contributed by atoms with Gasteiger partial charge in [0.2, 0.25) is 5.91 Å². The number of carbonyl (C=O) groups is 4. The normalized spacial score (nSPS) is 27.7. The lowest BCUT2D eigenvalue weighted by atomic mass is 9.90. The van der Waals surface area contributed by atoms with E-state index in [4.69, 9.17) is 0 Å². The summed E-state index contributed by atoms with van der Waals surface area (Å²) in [4.78, 5) is 51.9. The van der Waals surface area contributed by atoms with Crippen molar-refractivity contribution in [3.63, 3.8) is 0 Å². The minimum atomic E-state index is -1.23. The number of likely N-dealkylation sites (tertiary alicyclic amines) is 1. The third-order valence-corrected chi connectivity index (χ3v) is 5.82. The second-order valence-electron chi connectivity index (χ2n) is 7.73. The van der Waals surface area contributed by atoms with Crippen LogP contribution in [0.2, 0.25) is 0 Å². The lowest BCUT2D eigenvalue weighted by molar-refractivity contribution is -0.150. The Bertz CT molecular complexity index is 822. The predicted octanol–water partition coefficient (Wildman–Crippen LogP) is 1.47. The molecule has 0 bridgehead atoms. The first kappa shape index (κ1) is 19.9. The largest absolute Gasteiger partial charge is 0.481 e. The van der Waals surface area contributed by atoms with E-state index in [0.29, 0.717) is 24.9 Å². The number of imide groups is 1. The van der Waals surface area contributed by atoms with Gasteiger partial charge < -0.3 is 15.3 Å². The Morgan fingerprint density at radius 1 is 1.25 bits per heavy atom. The van der Waals surface area contributed by atoms with Gasteiger partial charge in [-0.05, 0) is 39.2 Å². The van der Waals surface area contributed by atoms with Gasteiger partial charge in [0.15, 0.2) is 0 Å². The van der Waals surface area contributed by atoms with Crippen molar-refractivity contribution >= 4 is 23.8 Å². The summed E-state index contributed by atoms with van der Waals surface area (Å²) in [6.07, 6.45) is 1.09.